The van der Waals surface area contributed by atoms with Crippen molar-refractivity contribution in [3.63, 3.8) is 0 Å². The Bertz CT molecular complexity index is 324. The molecule has 3 N–H and O–H groups in total. The first-order valence-electron chi connectivity index (χ1n) is 5.40. The third-order valence-electron chi connectivity index (χ3n) is 2.20. The van der Waals surface area contributed by atoms with Crippen LogP contribution in [0, 0.1) is 0 Å². The second-order valence-corrected chi connectivity index (χ2v) is 3.52. The van der Waals surface area contributed by atoms with E-state index in [0.717, 1.165) is 12.1 Å². The van der Waals surface area contributed by atoms with Gasteiger partial charge in [0.2, 0.25) is 0 Å². The number of rotatable bonds is 5. The van der Waals surface area contributed by atoms with Crippen LogP contribution in [0.15, 0.2) is 35.3 Å². The van der Waals surface area contributed by atoms with E-state index >= 15 is 0 Å². The number of benzene rings is 1. The predicted molar refractivity (Wildman–Crippen MR) is 67.6 cm³/mol. The average Bonchev–Trinajstić information content (AvgIpc) is 2.29. The molecule has 0 bridgehead atoms. The van der Waals surface area contributed by atoms with Crippen molar-refractivity contribution in [2.45, 2.75) is 19.4 Å². The van der Waals surface area contributed by atoms with Crippen LogP contribution >= 0.6 is 0 Å². The average molecular weight is 221 g/mol. The largest absolute Gasteiger partial charge is 0.382 e. The Morgan fingerprint density at radius 3 is 2.69 bits per heavy atom. The minimum absolute atomic E-state index is 0.112. The van der Waals surface area contributed by atoms with Crippen LogP contribution in [0.4, 0.5) is 5.69 Å². The van der Waals surface area contributed by atoms with E-state index in [1.165, 1.54) is 0 Å². The van der Waals surface area contributed by atoms with Gasteiger partial charge in [0.1, 0.15) is 0 Å². The molecule has 0 saturated carbocycles. The van der Waals surface area contributed by atoms with Gasteiger partial charge in [-0.25, -0.2) is 4.99 Å². The van der Waals surface area contributed by atoms with Crippen molar-refractivity contribution in [1.82, 2.24) is 0 Å². The summed E-state index contributed by atoms with van der Waals surface area (Å²) in [6.07, 6.45) is 0.908. The van der Waals surface area contributed by atoms with Crippen LogP contribution < -0.4 is 11.1 Å². The van der Waals surface area contributed by atoms with E-state index in [9.17, 15) is 0 Å². The molecular formula is C12H19N3O. The van der Waals surface area contributed by atoms with Gasteiger partial charge in [0.05, 0.1) is 12.6 Å². The van der Waals surface area contributed by atoms with Gasteiger partial charge in [-0.3, -0.25) is 0 Å². The van der Waals surface area contributed by atoms with E-state index < -0.39 is 0 Å². The van der Waals surface area contributed by atoms with E-state index in [2.05, 4.69) is 17.2 Å². The molecule has 0 fully saturated rings. The van der Waals surface area contributed by atoms with Gasteiger partial charge in [0.25, 0.3) is 0 Å². The molecule has 1 rings (SSSR count). The summed E-state index contributed by atoms with van der Waals surface area (Å²) >= 11 is 0. The highest BCUT2D eigenvalue weighted by Gasteiger charge is 2.04. The summed E-state index contributed by atoms with van der Waals surface area (Å²) in [7, 11) is 1.67. The van der Waals surface area contributed by atoms with Crippen LogP contribution in [0.25, 0.3) is 0 Å². The van der Waals surface area contributed by atoms with Gasteiger partial charge in [0, 0.05) is 12.8 Å². The topological polar surface area (TPSA) is 59.6 Å². The van der Waals surface area contributed by atoms with E-state index in [1.54, 1.807) is 7.11 Å². The lowest BCUT2D eigenvalue weighted by atomic mass is 10.2. The van der Waals surface area contributed by atoms with Gasteiger partial charge >= 0.3 is 0 Å². The predicted octanol–water partition coefficient (Wildman–Crippen LogP) is 1.84. The van der Waals surface area contributed by atoms with Crippen molar-refractivity contribution in [1.29, 1.82) is 0 Å². The third-order valence-corrected chi connectivity index (χ3v) is 2.20. The molecule has 0 aliphatic rings. The highest BCUT2D eigenvalue weighted by atomic mass is 16.5. The number of ether oxygens (including phenoxy) is 1. The minimum atomic E-state index is 0.112. The lowest BCUT2D eigenvalue weighted by Crippen LogP contribution is -2.26. The summed E-state index contributed by atoms with van der Waals surface area (Å²) in [5.74, 6) is 0.426. The van der Waals surface area contributed by atoms with Crippen LogP contribution in [-0.2, 0) is 4.74 Å². The quantitative estimate of drug-likeness (QED) is 0.589. The highest BCUT2D eigenvalue weighted by Crippen LogP contribution is 2.05. The number of anilines is 1. The first kappa shape index (κ1) is 12.5. The molecule has 0 aliphatic carbocycles. The summed E-state index contributed by atoms with van der Waals surface area (Å²) in [6.45, 7) is 2.65. The fourth-order valence-electron chi connectivity index (χ4n) is 1.34. The summed E-state index contributed by atoms with van der Waals surface area (Å²) in [5, 5.41) is 3.04. The Hall–Kier alpha value is -1.55. The summed E-state index contributed by atoms with van der Waals surface area (Å²) in [5.41, 5.74) is 6.74. The smallest absolute Gasteiger partial charge is 0.193 e. The number of methoxy groups -OCH3 is 1. The molecule has 1 aromatic carbocycles. The second kappa shape index (κ2) is 6.85. The maximum Gasteiger partial charge on any atom is 0.193 e. The van der Waals surface area contributed by atoms with Gasteiger partial charge in [0.15, 0.2) is 5.96 Å². The van der Waals surface area contributed by atoms with Gasteiger partial charge in [-0.2, -0.15) is 0 Å². The molecule has 0 aliphatic heterocycles. The maximum absolute atomic E-state index is 5.80. The Kier molecular flexibility index (Phi) is 5.36. The van der Waals surface area contributed by atoms with Crippen LogP contribution in [-0.4, -0.2) is 25.7 Å². The summed E-state index contributed by atoms with van der Waals surface area (Å²) in [6, 6.07) is 9.85. The van der Waals surface area contributed by atoms with Crippen molar-refractivity contribution >= 4 is 11.6 Å². The Morgan fingerprint density at radius 1 is 1.44 bits per heavy atom. The molecule has 16 heavy (non-hydrogen) atoms. The first-order valence-corrected chi connectivity index (χ1v) is 5.40. The number of nitrogens with one attached hydrogen (secondary N) is 1. The molecule has 88 valence electrons. The number of hydrogen-bond acceptors (Lipinski definition) is 2. The van der Waals surface area contributed by atoms with Crippen molar-refractivity contribution in [3.05, 3.63) is 30.3 Å². The number of para-hydroxylation sites is 1. The fraction of sp³-hybridized carbons (Fsp3) is 0.417. The van der Waals surface area contributed by atoms with Crippen LogP contribution in [0.5, 0.6) is 0 Å². The number of nitrogens with zero attached hydrogens (tertiary/aromatic N) is 1. The lowest BCUT2D eigenvalue weighted by Gasteiger charge is -2.11. The lowest BCUT2D eigenvalue weighted by molar-refractivity contribution is 0.179. The summed E-state index contributed by atoms with van der Waals surface area (Å²) in [4.78, 5) is 4.34. The Labute approximate surface area is 96.5 Å². The second-order valence-electron chi connectivity index (χ2n) is 3.52. The highest BCUT2D eigenvalue weighted by molar-refractivity contribution is 5.92. The Morgan fingerprint density at radius 2 is 2.12 bits per heavy atom. The molecule has 1 atom stereocenters. The zero-order valence-electron chi connectivity index (χ0n) is 9.81. The summed E-state index contributed by atoms with van der Waals surface area (Å²) < 4.78 is 5.06. The molecule has 4 nitrogen and oxygen atoms in total. The van der Waals surface area contributed by atoms with Gasteiger partial charge < -0.3 is 15.8 Å². The number of guanidine groups is 1. The monoisotopic (exact) mass is 221 g/mol. The van der Waals surface area contributed by atoms with E-state index in [0.29, 0.717) is 12.6 Å². The van der Waals surface area contributed by atoms with Gasteiger partial charge in [-0.15, -0.1) is 0 Å². The van der Waals surface area contributed by atoms with Gasteiger partial charge in [-0.05, 0) is 18.6 Å². The van der Waals surface area contributed by atoms with Crippen LogP contribution in [0.1, 0.15) is 13.3 Å². The molecule has 0 aromatic heterocycles. The molecule has 0 heterocycles. The van der Waals surface area contributed by atoms with Crippen molar-refractivity contribution in [3.8, 4) is 0 Å². The van der Waals surface area contributed by atoms with Crippen molar-refractivity contribution < 1.29 is 4.74 Å². The van der Waals surface area contributed by atoms with Crippen LogP contribution in [0.2, 0.25) is 0 Å². The molecule has 0 radical (unpaired) electrons. The molecular weight excluding hydrogens is 202 g/mol. The van der Waals surface area contributed by atoms with E-state index in [4.69, 9.17) is 10.5 Å². The number of nitrogens with two attached hydrogens (primary N) is 1. The molecule has 4 heteroatoms. The molecule has 0 amide bonds. The standard InChI is InChI=1S/C12H19N3O/c1-3-10(9-16-2)14-12(13)15-11-7-5-4-6-8-11/h4-8,10H,3,9H2,1-2H3,(H3,13,14,15). The molecule has 0 saturated heterocycles. The number of hydrogen-bond donors (Lipinski definition) is 2. The number of aliphatic imine (C=N–C) groups is 1. The van der Waals surface area contributed by atoms with E-state index in [1.807, 2.05) is 30.3 Å². The zero-order valence-corrected chi connectivity index (χ0v) is 9.81. The SMILES string of the molecule is CCC(COC)N=C(N)Nc1ccccc1. The van der Waals surface area contributed by atoms with E-state index in [-0.39, 0.29) is 6.04 Å². The minimum Gasteiger partial charge on any atom is -0.382 e. The van der Waals surface area contributed by atoms with Crippen molar-refractivity contribution in [2.75, 3.05) is 19.0 Å². The molecule has 0 spiro atoms. The van der Waals surface area contributed by atoms with Crippen molar-refractivity contribution in [2.24, 2.45) is 10.7 Å². The normalized spacial score (nSPS) is 13.5. The molecule has 1 aromatic rings. The maximum atomic E-state index is 5.80. The fourth-order valence-corrected chi connectivity index (χ4v) is 1.34. The van der Waals surface area contributed by atoms with Gasteiger partial charge in [-0.1, -0.05) is 25.1 Å². The third kappa shape index (κ3) is 4.31. The first-order chi connectivity index (χ1) is 7.76. The Balaban J connectivity index is 2.56. The molecule has 1 unspecified atom stereocenters. The zero-order chi connectivity index (χ0) is 11.8. The van der Waals surface area contributed by atoms with Crippen LogP contribution in [0.3, 0.4) is 0 Å².